The van der Waals surface area contributed by atoms with E-state index in [0.29, 0.717) is 6.07 Å². The van der Waals surface area contributed by atoms with Crippen LogP contribution >= 0.6 is 10.7 Å². The summed E-state index contributed by atoms with van der Waals surface area (Å²) < 4.78 is 152. The molecule has 63 heavy (non-hydrogen) atoms. The fourth-order valence-corrected chi connectivity index (χ4v) is 7.83. The molecule has 0 atom stereocenters. The SMILES string of the molecule is CCc1ccc(S(=O)(=O)Cl)cc1.CCc1ccc(S(=O)(=O)Nc2ccc(F)c(C=O)c2F)cc1.CCc1ccc(S(=O)(=O)Nc2ccc(F)cc2F)cc1.Nc1ccc(F)cc1F. The normalized spacial score (nSPS) is 11.1. The lowest BCUT2D eigenvalue weighted by atomic mass is 10.2. The molecule has 0 fully saturated rings. The molecular weight excluding hydrogens is 916 g/mol. The van der Waals surface area contributed by atoms with Crippen LogP contribution in [-0.4, -0.2) is 31.5 Å². The van der Waals surface area contributed by atoms with Crippen molar-refractivity contribution in [3.63, 3.8) is 0 Å². The highest BCUT2D eigenvalue weighted by Crippen LogP contribution is 2.24. The molecule has 10 nitrogen and oxygen atoms in total. The van der Waals surface area contributed by atoms with Gasteiger partial charge in [0.1, 0.15) is 29.1 Å². The Balaban J connectivity index is 0.000000236. The van der Waals surface area contributed by atoms with Gasteiger partial charge in [-0.15, -0.1) is 0 Å². The molecule has 0 heterocycles. The zero-order valence-corrected chi connectivity index (χ0v) is 36.8. The Hall–Kier alpha value is -5.89. The van der Waals surface area contributed by atoms with E-state index in [9.17, 15) is 56.4 Å². The van der Waals surface area contributed by atoms with Crippen LogP contribution in [0.15, 0.2) is 136 Å². The number of sulfonamides is 2. The summed E-state index contributed by atoms with van der Waals surface area (Å²) in [6, 6.07) is 26.3. The third kappa shape index (κ3) is 15.5. The van der Waals surface area contributed by atoms with Crippen LogP contribution in [0.4, 0.5) is 43.4 Å². The number of rotatable bonds is 11. The molecule has 20 heteroatoms. The monoisotopic (exact) mass is 955 g/mol. The molecule has 0 saturated heterocycles. The van der Waals surface area contributed by atoms with E-state index in [4.69, 9.17) is 16.4 Å². The molecule has 336 valence electrons. The summed E-state index contributed by atoms with van der Waals surface area (Å²) in [5, 5.41) is 0. The molecule has 0 saturated carbocycles. The van der Waals surface area contributed by atoms with E-state index in [1.165, 1.54) is 42.5 Å². The fraction of sp³-hybridized carbons (Fsp3) is 0.140. The highest BCUT2D eigenvalue weighted by molar-refractivity contribution is 8.13. The van der Waals surface area contributed by atoms with Crippen molar-refractivity contribution in [2.24, 2.45) is 0 Å². The second-order valence-corrected chi connectivity index (χ2v) is 18.8. The highest BCUT2D eigenvalue weighted by Gasteiger charge is 2.20. The average molecular weight is 956 g/mol. The fourth-order valence-electron chi connectivity index (χ4n) is 4.93. The van der Waals surface area contributed by atoms with Crippen molar-refractivity contribution in [1.29, 1.82) is 0 Å². The number of hydrogen-bond donors (Lipinski definition) is 3. The average Bonchev–Trinajstić information content (AvgIpc) is 3.25. The van der Waals surface area contributed by atoms with Crippen LogP contribution < -0.4 is 15.2 Å². The molecule has 0 amide bonds. The van der Waals surface area contributed by atoms with Crippen molar-refractivity contribution in [3.05, 3.63) is 178 Å². The molecule has 0 aromatic heterocycles. The number of nitrogens with two attached hydrogens (primary N) is 1. The first-order valence-corrected chi connectivity index (χ1v) is 23.7. The topological polar surface area (TPSA) is 170 Å². The van der Waals surface area contributed by atoms with Crippen molar-refractivity contribution in [2.75, 3.05) is 15.2 Å². The summed E-state index contributed by atoms with van der Waals surface area (Å²) in [5.41, 5.74) is 6.48. The molecule has 0 bridgehead atoms. The smallest absolute Gasteiger partial charge is 0.261 e. The number of benzene rings is 6. The van der Waals surface area contributed by atoms with Gasteiger partial charge in [-0.1, -0.05) is 57.2 Å². The third-order valence-electron chi connectivity index (χ3n) is 8.52. The predicted octanol–water partition coefficient (Wildman–Crippen LogP) is 10.2. The summed E-state index contributed by atoms with van der Waals surface area (Å²) in [6.45, 7) is 5.89. The lowest BCUT2D eigenvalue weighted by Crippen LogP contribution is -2.15. The first-order valence-electron chi connectivity index (χ1n) is 18.4. The largest absolute Gasteiger partial charge is 0.396 e. The maximum atomic E-state index is 13.9. The van der Waals surface area contributed by atoms with Crippen LogP contribution in [0.5, 0.6) is 0 Å². The summed E-state index contributed by atoms with van der Waals surface area (Å²) in [5.74, 6) is -5.35. The Morgan fingerprint density at radius 3 is 1.25 bits per heavy atom. The maximum Gasteiger partial charge on any atom is 0.261 e. The first-order chi connectivity index (χ1) is 29.5. The number of aryl methyl sites for hydroxylation is 3. The number of carbonyl (C=O) groups is 1. The second-order valence-electron chi connectivity index (χ2n) is 12.9. The molecule has 0 radical (unpaired) electrons. The Kier molecular flexibility index (Phi) is 18.8. The zero-order chi connectivity index (χ0) is 47.1. The third-order valence-corrected chi connectivity index (χ3v) is 12.7. The molecule has 0 spiro atoms. The number of nitrogens with one attached hydrogen (secondary N) is 2. The summed E-state index contributed by atoms with van der Waals surface area (Å²) >= 11 is 0. The molecule has 4 N–H and O–H groups in total. The van der Waals surface area contributed by atoms with Gasteiger partial charge in [-0.2, -0.15) is 0 Å². The van der Waals surface area contributed by atoms with Crippen molar-refractivity contribution < 1.29 is 56.4 Å². The molecule has 6 aromatic carbocycles. The van der Waals surface area contributed by atoms with Crippen LogP contribution in [0.1, 0.15) is 47.8 Å². The molecular formula is C43H40ClF6N3O7S3. The number of nitrogen functional groups attached to an aromatic ring is 1. The number of aldehydes is 1. The predicted molar refractivity (Wildman–Crippen MR) is 231 cm³/mol. The molecule has 0 aliphatic rings. The highest BCUT2D eigenvalue weighted by atomic mass is 35.7. The van der Waals surface area contributed by atoms with Crippen molar-refractivity contribution in [1.82, 2.24) is 0 Å². The Bertz CT molecular complexity index is 2840. The van der Waals surface area contributed by atoms with Gasteiger partial charge in [0.05, 0.1) is 37.3 Å². The van der Waals surface area contributed by atoms with Crippen LogP contribution in [0.2, 0.25) is 0 Å². The van der Waals surface area contributed by atoms with E-state index in [0.717, 1.165) is 72.4 Å². The maximum absolute atomic E-state index is 13.9. The van der Waals surface area contributed by atoms with Gasteiger partial charge < -0.3 is 5.73 Å². The quantitative estimate of drug-likeness (QED) is 0.0499. The Morgan fingerprint density at radius 1 is 0.508 bits per heavy atom. The molecule has 6 aromatic rings. The van der Waals surface area contributed by atoms with Crippen LogP contribution in [-0.2, 0) is 48.4 Å². The standard InChI is InChI=1S/C15H13F2NO3S.C14H13F2NO2S.C8H9ClO2S.C6H5F2N/c1-2-10-3-5-11(6-4-10)22(20,21)18-14-8-7-13(16)12(9-19)15(14)17;1-2-10-3-6-12(7-4-10)20(18,19)17-14-8-5-11(15)9-13(14)16;1-2-7-3-5-8(6-4-7)12(9,10)11;7-4-1-2-6(9)5(8)3-4/h3-9,18H,2H2,1H3;3-9,17H,2H2,1H3;3-6H,2H2,1H3;1-3H,9H2. The van der Waals surface area contributed by atoms with Crippen molar-refractivity contribution >= 4 is 63.1 Å². The van der Waals surface area contributed by atoms with Gasteiger partial charge in [0.2, 0.25) is 0 Å². The van der Waals surface area contributed by atoms with Gasteiger partial charge in [0.15, 0.2) is 12.1 Å². The Labute approximate surface area is 366 Å². The van der Waals surface area contributed by atoms with Crippen LogP contribution in [0.3, 0.4) is 0 Å². The lowest BCUT2D eigenvalue weighted by Gasteiger charge is -2.10. The van der Waals surface area contributed by atoms with E-state index < -0.39 is 75.3 Å². The second kappa shape index (κ2) is 23.0. The van der Waals surface area contributed by atoms with Gasteiger partial charge in [0.25, 0.3) is 29.1 Å². The lowest BCUT2D eigenvalue weighted by molar-refractivity contribution is 0.111. The summed E-state index contributed by atoms with van der Waals surface area (Å²) in [4.78, 5) is 10.8. The molecule has 0 unspecified atom stereocenters. The van der Waals surface area contributed by atoms with Gasteiger partial charge >= 0.3 is 0 Å². The van der Waals surface area contributed by atoms with E-state index in [2.05, 4.69) is 4.72 Å². The Morgan fingerprint density at radius 2 is 0.889 bits per heavy atom. The first kappa shape index (κ1) is 51.5. The van der Waals surface area contributed by atoms with Gasteiger partial charge in [0, 0.05) is 22.8 Å². The summed E-state index contributed by atoms with van der Waals surface area (Å²) in [7, 11) is -6.34. The number of halogens is 7. The van der Waals surface area contributed by atoms with E-state index in [-0.39, 0.29) is 32.3 Å². The van der Waals surface area contributed by atoms with Gasteiger partial charge in [-0.05, 0) is 109 Å². The van der Waals surface area contributed by atoms with Gasteiger partial charge in [-0.3, -0.25) is 14.2 Å². The number of carbonyl (C=O) groups excluding carboxylic acids is 1. The van der Waals surface area contributed by atoms with E-state index >= 15 is 0 Å². The minimum Gasteiger partial charge on any atom is -0.396 e. The molecule has 6 rings (SSSR count). The number of hydrogen-bond acceptors (Lipinski definition) is 8. The minimum absolute atomic E-state index is 0.00148. The number of anilines is 3. The summed E-state index contributed by atoms with van der Waals surface area (Å²) in [6.07, 6.45) is 2.44. The zero-order valence-electron chi connectivity index (χ0n) is 33.6. The molecule has 0 aliphatic heterocycles. The van der Waals surface area contributed by atoms with Crippen molar-refractivity contribution in [3.8, 4) is 0 Å². The van der Waals surface area contributed by atoms with Crippen molar-refractivity contribution in [2.45, 2.75) is 54.7 Å². The van der Waals surface area contributed by atoms with E-state index in [1.807, 2.05) is 25.5 Å². The van der Waals surface area contributed by atoms with Crippen LogP contribution in [0, 0.1) is 34.9 Å². The van der Waals surface area contributed by atoms with E-state index in [1.54, 1.807) is 36.4 Å². The minimum atomic E-state index is -4.03. The van der Waals surface area contributed by atoms with Crippen LogP contribution in [0.25, 0.3) is 0 Å². The van der Waals surface area contributed by atoms with Gasteiger partial charge in [-0.25, -0.2) is 51.6 Å². The molecule has 0 aliphatic carbocycles.